The van der Waals surface area contributed by atoms with Crippen molar-refractivity contribution in [2.24, 2.45) is 0 Å². The average molecular weight is 230 g/mol. The summed E-state index contributed by atoms with van der Waals surface area (Å²) in [4.78, 5) is 2.27. The van der Waals surface area contributed by atoms with Crippen molar-refractivity contribution in [2.45, 2.75) is 18.3 Å². The van der Waals surface area contributed by atoms with Crippen molar-refractivity contribution in [1.29, 1.82) is 5.26 Å². The van der Waals surface area contributed by atoms with E-state index in [9.17, 15) is 5.26 Å². The summed E-state index contributed by atoms with van der Waals surface area (Å²) in [5, 5.41) is 9.58. The molecule has 0 bridgehead atoms. The van der Waals surface area contributed by atoms with Crippen molar-refractivity contribution < 1.29 is 4.74 Å². The van der Waals surface area contributed by atoms with Crippen LogP contribution in [0, 0.1) is 11.3 Å². The van der Waals surface area contributed by atoms with Gasteiger partial charge in [-0.15, -0.1) is 0 Å². The summed E-state index contributed by atoms with van der Waals surface area (Å²) in [6.07, 6.45) is 1.75. The molecule has 1 aromatic rings. The molecule has 0 N–H and O–H groups in total. The van der Waals surface area contributed by atoms with Crippen molar-refractivity contribution in [2.75, 3.05) is 27.2 Å². The molecule has 0 radical (unpaired) electrons. The van der Waals surface area contributed by atoms with E-state index in [1.54, 1.807) is 7.11 Å². The molecule has 1 heterocycles. The summed E-state index contributed by atoms with van der Waals surface area (Å²) < 4.78 is 5.39. The maximum absolute atomic E-state index is 9.58. The van der Waals surface area contributed by atoms with Gasteiger partial charge in [0.1, 0.15) is 5.75 Å². The van der Waals surface area contributed by atoms with Crippen LogP contribution >= 0.6 is 0 Å². The first-order valence-electron chi connectivity index (χ1n) is 5.95. The van der Waals surface area contributed by atoms with Gasteiger partial charge in [-0.05, 0) is 39.0 Å². The first-order valence-corrected chi connectivity index (χ1v) is 5.95. The number of hydrogen-bond acceptors (Lipinski definition) is 3. The molecule has 3 heteroatoms. The van der Waals surface area contributed by atoms with Crippen LogP contribution in [0.3, 0.4) is 0 Å². The number of rotatable bonds is 2. The second kappa shape index (κ2) is 4.77. The van der Waals surface area contributed by atoms with Crippen LogP contribution in [0.15, 0.2) is 24.3 Å². The fourth-order valence-corrected chi connectivity index (χ4v) is 2.48. The highest BCUT2D eigenvalue weighted by atomic mass is 16.5. The normalized spacial score (nSPS) is 19.6. The molecule has 0 unspecified atom stereocenters. The predicted octanol–water partition coefficient (Wildman–Crippen LogP) is 2.18. The van der Waals surface area contributed by atoms with Gasteiger partial charge in [-0.1, -0.05) is 18.2 Å². The van der Waals surface area contributed by atoms with Crippen LogP contribution in [-0.2, 0) is 5.41 Å². The SMILES string of the molecule is COc1ccccc1C1(C#N)CCN(C)CC1. The lowest BCUT2D eigenvalue weighted by Gasteiger charge is -2.36. The van der Waals surface area contributed by atoms with E-state index in [1.807, 2.05) is 24.3 Å². The summed E-state index contributed by atoms with van der Waals surface area (Å²) in [5.74, 6) is 0.832. The van der Waals surface area contributed by atoms with Gasteiger partial charge in [0, 0.05) is 5.56 Å². The minimum atomic E-state index is -0.376. The van der Waals surface area contributed by atoms with Gasteiger partial charge in [0.05, 0.1) is 18.6 Å². The van der Waals surface area contributed by atoms with E-state index < -0.39 is 0 Å². The average Bonchev–Trinajstić information content (AvgIpc) is 2.40. The van der Waals surface area contributed by atoms with E-state index in [4.69, 9.17) is 4.74 Å². The Hall–Kier alpha value is -1.53. The summed E-state index contributed by atoms with van der Waals surface area (Å²) in [6, 6.07) is 10.4. The topological polar surface area (TPSA) is 36.3 Å². The molecule has 90 valence electrons. The lowest BCUT2D eigenvalue weighted by molar-refractivity contribution is 0.219. The minimum absolute atomic E-state index is 0.376. The molecule has 0 amide bonds. The van der Waals surface area contributed by atoms with Crippen molar-refractivity contribution in [3.8, 4) is 11.8 Å². The van der Waals surface area contributed by atoms with Gasteiger partial charge >= 0.3 is 0 Å². The molecule has 17 heavy (non-hydrogen) atoms. The van der Waals surface area contributed by atoms with Crippen LogP contribution < -0.4 is 4.74 Å². The van der Waals surface area contributed by atoms with Crippen molar-refractivity contribution in [3.63, 3.8) is 0 Å². The molecular weight excluding hydrogens is 212 g/mol. The summed E-state index contributed by atoms with van der Waals surface area (Å²) in [5.41, 5.74) is 0.664. The number of methoxy groups -OCH3 is 1. The Morgan fingerprint density at radius 3 is 2.53 bits per heavy atom. The molecule has 0 atom stereocenters. The Bertz CT molecular complexity index is 428. The largest absolute Gasteiger partial charge is 0.496 e. The molecule has 1 aromatic carbocycles. The quantitative estimate of drug-likeness (QED) is 0.781. The van der Waals surface area contributed by atoms with Gasteiger partial charge in [0.25, 0.3) is 0 Å². The minimum Gasteiger partial charge on any atom is -0.496 e. The third kappa shape index (κ3) is 2.13. The molecule has 0 spiro atoms. The Morgan fingerprint density at radius 2 is 1.94 bits per heavy atom. The zero-order valence-electron chi connectivity index (χ0n) is 10.4. The number of benzene rings is 1. The molecule has 1 aliphatic rings. The predicted molar refractivity (Wildman–Crippen MR) is 67.0 cm³/mol. The third-order valence-electron chi connectivity index (χ3n) is 3.68. The first kappa shape index (κ1) is 11.9. The highest BCUT2D eigenvalue weighted by Gasteiger charge is 2.37. The van der Waals surface area contributed by atoms with Crippen LogP contribution in [-0.4, -0.2) is 32.1 Å². The maximum atomic E-state index is 9.58. The van der Waals surface area contributed by atoms with Crippen molar-refractivity contribution in [1.82, 2.24) is 4.90 Å². The Morgan fingerprint density at radius 1 is 1.29 bits per heavy atom. The maximum Gasteiger partial charge on any atom is 0.123 e. The molecule has 1 fully saturated rings. The third-order valence-corrected chi connectivity index (χ3v) is 3.68. The fourth-order valence-electron chi connectivity index (χ4n) is 2.48. The highest BCUT2D eigenvalue weighted by Crippen LogP contribution is 2.39. The summed E-state index contributed by atoms with van der Waals surface area (Å²) in [6.45, 7) is 1.93. The van der Waals surface area contributed by atoms with Crippen LogP contribution in [0.25, 0.3) is 0 Å². The van der Waals surface area contributed by atoms with E-state index in [0.29, 0.717) is 0 Å². The number of nitrogens with zero attached hydrogens (tertiary/aromatic N) is 2. The Labute approximate surface area is 103 Å². The highest BCUT2D eigenvalue weighted by molar-refractivity contribution is 5.44. The molecule has 0 saturated carbocycles. The number of hydrogen-bond donors (Lipinski definition) is 0. The van der Waals surface area contributed by atoms with E-state index in [2.05, 4.69) is 18.0 Å². The van der Waals surface area contributed by atoms with Gasteiger partial charge in [-0.3, -0.25) is 0 Å². The standard InChI is InChI=1S/C14H18N2O/c1-16-9-7-14(11-15,8-10-16)12-5-3-4-6-13(12)17-2/h3-6H,7-10H2,1-2H3. The van der Waals surface area contributed by atoms with E-state index in [-0.39, 0.29) is 5.41 Å². The fraction of sp³-hybridized carbons (Fsp3) is 0.500. The van der Waals surface area contributed by atoms with Crippen molar-refractivity contribution in [3.05, 3.63) is 29.8 Å². The van der Waals surface area contributed by atoms with Gasteiger partial charge in [-0.25, -0.2) is 0 Å². The van der Waals surface area contributed by atoms with Crippen LogP contribution in [0.1, 0.15) is 18.4 Å². The molecule has 3 nitrogen and oxygen atoms in total. The lowest BCUT2D eigenvalue weighted by atomic mass is 9.73. The smallest absolute Gasteiger partial charge is 0.123 e. The molecule has 0 aromatic heterocycles. The second-order valence-electron chi connectivity index (χ2n) is 4.70. The van der Waals surface area contributed by atoms with E-state index in [1.165, 1.54) is 0 Å². The Kier molecular flexibility index (Phi) is 3.35. The number of piperidine rings is 1. The molecule has 1 aliphatic heterocycles. The number of nitriles is 1. The number of ether oxygens (including phenoxy) is 1. The first-order chi connectivity index (χ1) is 8.22. The molecule has 0 aliphatic carbocycles. The Balaban J connectivity index is 2.38. The van der Waals surface area contributed by atoms with Crippen LogP contribution in [0.2, 0.25) is 0 Å². The van der Waals surface area contributed by atoms with Gasteiger partial charge in [0.15, 0.2) is 0 Å². The zero-order chi connectivity index (χ0) is 12.3. The second-order valence-corrected chi connectivity index (χ2v) is 4.70. The zero-order valence-corrected chi connectivity index (χ0v) is 10.4. The van der Waals surface area contributed by atoms with Crippen LogP contribution in [0.5, 0.6) is 5.75 Å². The number of para-hydroxylation sites is 1. The summed E-state index contributed by atoms with van der Waals surface area (Å²) >= 11 is 0. The van der Waals surface area contributed by atoms with Gasteiger partial charge < -0.3 is 9.64 Å². The van der Waals surface area contributed by atoms with E-state index >= 15 is 0 Å². The molecule has 2 rings (SSSR count). The molecule has 1 saturated heterocycles. The molecular formula is C14H18N2O. The number of likely N-dealkylation sites (tertiary alicyclic amines) is 1. The monoisotopic (exact) mass is 230 g/mol. The lowest BCUT2D eigenvalue weighted by Crippen LogP contribution is -2.40. The van der Waals surface area contributed by atoms with Crippen LogP contribution in [0.4, 0.5) is 0 Å². The van der Waals surface area contributed by atoms with E-state index in [0.717, 1.165) is 37.2 Å². The van der Waals surface area contributed by atoms with Gasteiger partial charge in [-0.2, -0.15) is 5.26 Å². The van der Waals surface area contributed by atoms with Gasteiger partial charge in [0.2, 0.25) is 0 Å². The summed E-state index contributed by atoms with van der Waals surface area (Å²) in [7, 11) is 3.77. The van der Waals surface area contributed by atoms with Crippen molar-refractivity contribution >= 4 is 0 Å².